The van der Waals surface area contributed by atoms with Gasteiger partial charge in [0.2, 0.25) is 5.91 Å². The van der Waals surface area contributed by atoms with Crippen LogP contribution in [0.5, 0.6) is 5.75 Å². The van der Waals surface area contributed by atoms with Crippen LogP contribution in [0.4, 0.5) is 5.69 Å². The van der Waals surface area contributed by atoms with Crippen LogP contribution < -0.4 is 11.1 Å². The standard InChI is InChI=1S/C11H16N2O2.ClH/c1-7(2)10(12)11(15)13-8-5-3-4-6-9(8)14;/h3-7,10,14H,12H2,1-2H3,(H,13,15);1H/t10-;/m0./s1. The molecular formula is C11H17ClN2O2. The third-order valence-corrected chi connectivity index (χ3v) is 2.18. The molecule has 1 rings (SSSR count). The number of amides is 1. The molecule has 4 N–H and O–H groups in total. The summed E-state index contributed by atoms with van der Waals surface area (Å²) in [4.78, 5) is 11.6. The van der Waals surface area contributed by atoms with Crippen LogP contribution >= 0.6 is 12.4 Å². The van der Waals surface area contributed by atoms with Crippen LogP contribution in [0.3, 0.4) is 0 Å². The summed E-state index contributed by atoms with van der Waals surface area (Å²) < 4.78 is 0. The second-order valence-corrected chi connectivity index (χ2v) is 3.78. The van der Waals surface area contributed by atoms with Crippen LogP contribution in [0, 0.1) is 5.92 Å². The molecule has 5 heteroatoms. The van der Waals surface area contributed by atoms with Crippen LogP contribution in [0.2, 0.25) is 0 Å². The van der Waals surface area contributed by atoms with E-state index in [4.69, 9.17) is 5.73 Å². The summed E-state index contributed by atoms with van der Waals surface area (Å²) in [5, 5.41) is 12.0. The van der Waals surface area contributed by atoms with Gasteiger partial charge in [-0.25, -0.2) is 0 Å². The third-order valence-electron chi connectivity index (χ3n) is 2.18. The second kappa shape index (κ2) is 6.35. The van der Waals surface area contributed by atoms with Crippen molar-refractivity contribution in [3.63, 3.8) is 0 Å². The summed E-state index contributed by atoms with van der Waals surface area (Å²) in [6.07, 6.45) is 0. The minimum Gasteiger partial charge on any atom is -0.506 e. The highest BCUT2D eigenvalue weighted by Crippen LogP contribution is 2.21. The Morgan fingerprint density at radius 1 is 1.38 bits per heavy atom. The molecule has 1 aromatic rings. The molecule has 4 nitrogen and oxygen atoms in total. The molecule has 0 radical (unpaired) electrons. The fraction of sp³-hybridized carbons (Fsp3) is 0.364. The molecule has 0 fully saturated rings. The Morgan fingerprint density at radius 2 is 1.94 bits per heavy atom. The number of anilines is 1. The average Bonchev–Trinajstić information content (AvgIpc) is 2.20. The SMILES string of the molecule is CC(C)[C@H](N)C(=O)Nc1ccccc1O.Cl. The number of carbonyl (C=O) groups is 1. The molecular weight excluding hydrogens is 228 g/mol. The molecule has 0 spiro atoms. The van der Waals surface area contributed by atoms with E-state index in [0.717, 1.165) is 0 Å². The normalized spacial score (nSPS) is 11.8. The molecule has 0 saturated carbocycles. The number of nitrogens with two attached hydrogens (primary N) is 1. The summed E-state index contributed by atoms with van der Waals surface area (Å²) >= 11 is 0. The lowest BCUT2D eigenvalue weighted by Gasteiger charge is -2.15. The summed E-state index contributed by atoms with van der Waals surface area (Å²) in [6, 6.07) is 5.99. The molecule has 0 saturated heterocycles. The number of phenols is 1. The Balaban J connectivity index is 0.00000225. The zero-order valence-corrected chi connectivity index (χ0v) is 10.1. The van der Waals surface area contributed by atoms with Gasteiger partial charge in [-0.1, -0.05) is 26.0 Å². The van der Waals surface area contributed by atoms with Gasteiger partial charge >= 0.3 is 0 Å². The predicted molar refractivity (Wildman–Crippen MR) is 66.8 cm³/mol. The largest absolute Gasteiger partial charge is 0.506 e. The highest BCUT2D eigenvalue weighted by molar-refractivity contribution is 5.95. The lowest BCUT2D eigenvalue weighted by Crippen LogP contribution is -2.39. The maximum atomic E-state index is 11.6. The highest BCUT2D eigenvalue weighted by Gasteiger charge is 2.17. The van der Waals surface area contributed by atoms with Crippen LogP contribution in [0.15, 0.2) is 24.3 Å². The van der Waals surface area contributed by atoms with Gasteiger partial charge in [0.05, 0.1) is 11.7 Å². The molecule has 0 heterocycles. The van der Waals surface area contributed by atoms with Gasteiger partial charge in [-0.3, -0.25) is 4.79 Å². The molecule has 90 valence electrons. The van der Waals surface area contributed by atoms with Crippen LogP contribution in [-0.2, 0) is 4.79 Å². The van der Waals surface area contributed by atoms with Gasteiger partial charge in [0.15, 0.2) is 0 Å². The molecule has 1 amide bonds. The van der Waals surface area contributed by atoms with Crippen molar-refractivity contribution in [3.8, 4) is 5.75 Å². The molecule has 1 atom stereocenters. The smallest absolute Gasteiger partial charge is 0.241 e. The predicted octanol–water partition coefficient (Wildman–Crippen LogP) is 1.74. The second-order valence-electron chi connectivity index (χ2n) is 3.78. The quantitative estimate of drug-likeness (QED) is 0.709. The Labute approximate surface area is 101 Å². The maximum Gasteiger partial charge on any atom is 0.241 e. The number of benzene rings is 1. The van der Waals surface area contributed by atoms with Gasteiger partial charge in [0.1, 0.15) is 5.75 Å². The minimum absolute atomic E-state index is 0. The Kier molecular flexibility index (Phi) is 5.85. The molecule has 0 aliphatic rings. The van der Waals surface area contributed by atoms with E-state index in [9.17, 15) is 9.90 Å². The van der Waals surface area contributed by atoms with Crippen molar-refractivity contribution in [2.24, 2.45) is 11.7 Å². The van der Waals surface area contributed by atoms with Crippen molar-refractivity contribution in [2.75, 3.05) is 5.32 Å². The van der Waals surface area contributed by atoms with E-state index in [0.29, 0.717) is 5.69 Å². The summed E-state index contributed by atoms with van der Waals surface area (Å²) in [5.74, 6) is -0.177. The van der Waals surface area contributed by atoms with Gasteiger partial charge < -0.3 is 16.2 Å². The summed E-state index contributed by atoms with van der Waals surface area (Å²) in [7, 11) is 0. The molecule has 0 unspecified atom stereocenters. The van der Waals surface area contributed by atoms with E-state index in [1.54, 1.807) is 18.2 Å². The van der Waals surface area contributed by atoms with Gasteiger partial charge in [0, 0.05) is 0 Å². The van der Waals surface area contributed by atoms with E-state index >= 15 is 0 Å². The zero-order chi connectivity index (χ0) is 11.4. The lowest BCUT2D eigenvalue weighted by atomic mass is 10.0. The number of carbonyl (C=O) groups excluding carboxylic acids is 1. The van der Waals surface area contributed by atoms with E-state index in [-0.39, 0.29) is 30.0 Å². The number of para-hydroxylation sites is 2. The molecule has 0 aliphatic heterocycles. The first-order valence-corrected chi connectivity index (χ1v) is 4.87. The van der Waals surface area contributed by atoms with Crippen LogP contribution in [0.25, 0.3) is 0 Å². The molecule has 0 aromatic heterocycles. The first-order valence-electron chi connectivity index (χ1n) is 4.87. The zero-order valence-electron chi connectivity index (χ0n) is 9.31. The summed E-state index contributed by atoms with van der Waals surface area (Å²) in [5.41, 5.74) is 6.05. The number of hydrogen-bond donors (Lipinski definition) is 3. The van der Waals surface area contributed by atoms with Crippen molar-refractivity contribution < 1.29 is 9.90 Å². The Hall–Kier alpha value is -1.26. The maximum absolute atomic E-state index is 11.6. The van der Waals surface area contributed by atoms with Crippen molar-refractivity contribution >= 4 is 24.0 Å². The Bertz CT molecular complexity index is 356. The average molecular weight is 245 g/mol. The fourth-order valence-electron chi connectivity index (χ4n) is 1.10. The molecule has 16 heavy (non-hydrogen) atoms. The van der Waals surface area contributed by atoms with Crippen molar-refractivity contribution in [2.45, 2.75) is 19.9 Å². The van der Waals surface area contributed by atoms with Gasteiger partial charge in [-0.2, -0.15) is 0 Å². The van der Waals surface area contributed by atoms with Crippen molar-refractivity contribution in [1.82, 2.24) is 0 Å². The van der Waals surface area contributed by atoms with Gasteiger partial charge in [0.25, 0.3) is 0 Å². The topological polar surface area (TPSA) is 75.4 Å². The number of nitrogens with one attached hydrogen (secondary N) is 1. The van der Waals surface area contributed by atoms with Gasteiger partial charge in [-0.15, -0.1) is 12.4 Å². The van der Waals surface area contributed by atoms with E-state index in [1.165, 1.54) is 6.07 Å². The molecule has 0 aliphatic carbocycles. The molecule has 0 bridgehead atoms. The fourth-order valence-corrected chi connectivity index (χ4v) is 1.10. The first kappa shape index (κ1) is 14.7. The van der Waals surface area contributed by atoms with Crippen molar-refractivity contribution in [1.29, 1.82) is 0 Å². The van der Waals surface area contributed by atoms with E-state index < -0.39 is 6.04 Å². The summed E-state index contributed by atoms with van der Waals surface area (Å²) in [6.45, 7) is 3.74. The van der Waals surface area contributed by atoms with E-state index in [2.05, 4.69) is 5.32 Å². The first-order chi connectivity index (χ1) is 7.02. The number of phenolic OH excluding ortho intramolecular Hbond substituents is 1. The Morgan fingerprint density at radius 3 is 2.44 bits per heavy atom. The third kappa shape index (κ3) is 3.72. The number of aromatic hydroxyl groups is 1. The number of halogens is 1. The number of hydrogen-bond acceptors (Lipinski definition) is 3. The highest BCUT2D eigenvalue weighted by atomic mass is 35.5. The monoisotopic (exact) mass is 244 g/mol. The van der Waals surface area contributed by atoms with Gasteiger partial charge in [-0.05, 0) is 18.1 Å². The van der Waals surface area contributed by atoms with Crippen LogP contribution in [-0.4, -0.2) is 17.1 Å². The minimum atomic E-state index is -0.565. The van der Waals surface area contributed by atoms with Crippen molar-refractivity contribution in [3.05, 3.63) is 24.3 Å². The lowest BCUT2D eigenvalue weighted by molar-refractivity contribution is -0.118. The van der Waals surface area contributed by atoms with Crippen LogP contribution in [0.1, 0.15) is 13.8 Å². The molecule has 1 aromatic carbocycles. The number of rotatable bonds is 3. The van der Waals surface area contributed by atoms with E-state index in [1.807, 2.05) is 13.8 Å².